The molecule has 2 fully saturated rings. The molecule has 4 rings (SSSR count). The van der Waals surface area contributed by atoms with E-state index in [4.69, 9.17) is 4.74 Å². The Balaban J connectivity index is 1.62. The number of rotatable bonds is 7. The van der Waals surface area contributed by atoms with Gasteiger partial charge in [0.1, 0.15) is 10.6 Å². The lowest BCUT2D eigenvalue weighted by molar-refractivity contribution is -0.140. The number of nitrogens with one attached hydrogen (secondary N) is 1. The van der Waals surface area contributed by atoms with Gasteiger partial charge in [0, 0.05) is 11.3 Å². The van der Waals surface area contributed by atoms with Crippen LogP contribution in [0.3, 0.4) is 0 Å². The highest BCUT2D eigenvalue weighted by atomic mass is 32.2. The number of hydrogen-bond acceptors (Lipinski definition) is 6. The normalized spacial score (nSPS) is 20.5. The van der Waals surface area contributed by atoms with Crippen molar-refractivity contribution >= 4 is 33.3 Å². The first-order valence-corrected chi connectivity index (χ1v) is 12.4. The zero-order valence-corrected chi connectivity index (χ0v) is 19.4. The largest absolute Gasteiger partial charge is 0.495 e. The van der Waals surface area contributed by atoms with Crippen LogP contribution in [0.2, 0.25) is 0 Å². The highest BCUT2D eigenvalue weighted by molar-refractivity contribution is 7.92. The Morgan fingerprint density at radius 1 is 1.06 bits per heavy atom. The second kappa shape index (κ2) is 8.97. The first kappa shape index (κ1) is 23.0. The van der Waals surface area contributed by atoms with Crippen LogP contribution in [-0.4, -0.2) is 38.0 Å². The van der Waals surface area contributed by atoms with Crippen LogP contribution in [0.15, 0.2) is 47.4 Å². The third-order valence-corrected chi connectivity index (χ3v) is 7.71. The third kappa shape index (κ3) is 4.50. The van der Waals surface area contributed by atoms with Crippen LogP contribution >= 0.6 is 0 Å². The van der Waals surface area contributed by atoms with Crippen molar-refractivity contribution in [1.29, 1.82) is 0 Å². The van der Waals surface area contributed by atoms with Gasteiger partial charge < -0.3 is 4.74 Å². The Labute approximate surface area is 193 Å². The second-order valence-corrected chi connectivity index (χ2v) is 10.1. The van der Waals surface area contributed by atoms with Crippen LogP contribution < -0.4 is 9.46 Å². The molecule has 1 saturated carbocycles. The van der Waals surface area contributed by atoms with Gasteiger partial charge in [-0.1, -0.05) is 31.0 Å². The van der Waals surface area contributed by atoms with Crippen molar-refractivity contribution in [3.8, 4) is 5.75 Å². The Morgan fingerprint density at radius 2 is 1.73 bits per heavy atom. The Kier molecular flexibility index (Phi) is 6.25. The van der Waals surface area contributed by atoms with Gasteiger partial charge in [-0.15, -0.1) is 0 Å². The molecule has 1 N–H and O–H groups in total. The summed E-state index contributed by atoms with van der Waals surface area (Å²) in [5, 5.41) is 0. The van der Waals surface area contributed by atoms with E-state index in [9.17, 15) is 22.8 Å². The average molecular weight is 471 g/mol. The first-order valence-electron chi connectivity index (χ1n) is 10.9. The molecule has 2 aromatic carbocycles. The fraction of sp³-hybridized carbons (Fsp3) is 0.375. The number of nitrogens with zero attached hydrogens (tertiary/aromatic N) is 1. The van der Waals surface area contributed by atoms with E-state index in [0.29, 0.717) is 11.1 Å². The molecule has 1 aliphatic carbocycles. The van der Waals surface area contributed by atoms with E-state index in [1.165, 1.54) is 37.1 Å². The quantitative estimate of drug-likeness (QED) is 0.491. The molecule has 2 aliphatic rings. The third-order valence-electron chi connectivity index (χ3n) is 6.31. The summed E-state index contributed by atoms with van der Waals surface area (Å²) in [7, 11) is -2.71. The smallest absolute Gasteiger partial charge is 0.265 e. The molecule has 1 saturated heterocycles. The molecule has 0 aromatic heterocycles. The number of fused-ring (bicyclic) bond motifs is 1. The summed E-state index contributed by atoms with van der Waals surface area (Å²) in [6.07, 6.45) is 3.32. The lowest BCUT2D eigenvalue weighted by atomic mass is 9.81. The molecule has 0 radical (unpaired) electrons. The monoisotopic (exact) mass is 470 g/mol. The first-order chi connectivity index (χ1) is 15.7. The number of amides is 2. The number of hydrogen-bond donors (Lipinski definition) is 1. The standard InChI is InChI=1S/C24H26N2O6S/c1-15(27)17-6-5-7-18(13-17)25-33(30,31)22-12-16(10-11-21(22)32-2)14-26-23(28)19-8-3-4-9-20(19)24(26)29/h5-7,10-13,19-20,25H,3-4,8-9,14H2,1-2H3/t19-,20-/m0/s1. The number of Topliss-reactive ketones (excluding diaryl/α,β-unsaturated/α-hetero) is 1. The summed E-state index contributed by atoms with van der Waals surface area (Å²) in [5.74, 6) is -0.933. The summed E-state index contributed by atoms with van der Waals surface area (Å²) in [6, 6.07) is 10.8. The Morgan fingerprint density at radius 3 is 2.33 bits per heavy atom. The molecule has 0 bridgehead atoms. The number of ketones is 1. The lowest BCUT2D eigenvalue weighted by Gasteiger charge is -2.19. The molecule has 1 aliphatic heterocycles. The number of carbonyl (C=O) groups excluding carboxylic acids is 3. The molecule has 33 heavy (non-hydrogen) atoms. The van der Waals surface area contributed by atoms with E-state index < -0.39 is 10.0 Å². The zero-order valence-electron chi connectivity index (χ0n) is 18.5. The second-order valence-electron chi connectivity index (χ2n) is 8.49. The molecule has 2 atom stereocenters. The fourth-order valence-corrected chi connectivity index (χ4v) is 5.88. The minimum atomic E-state index is -4.08. The van der Waals surface area contributed by atoms with Crippen molar-refractivity contribution in [2.75, 3.05) is 11.8 Å². The maximum absolute atomic E-state index is 13.2. The van der Waals surface area contributed by atoms with Gasteiger partial charge in [-0.05, 0) is 49.6 Å². The molecule has 0 unspecified atom stereocenters. The molecule has 1 heterocycles. The Bertz CT molecular complexity index is 1200. The van der Waals surface area contributed by atoms with Crippen molar-refractivity contribution in [3.05, 3.63) is 53.6 Å². The van der Waals surface area contributed by atoms with Gasteiger partial charge in [0.25, 0.3) is 10.0 Å². The van der Waals surface area contributed by atoms with Gasteiger partial charge in [-0.25, -0.2) is 8.42 Å². The number of sulfonamides is 1. The van der Waals surface area contributed by atoms with Crippen LogP contribution in [0.25, 0.3) is 0 Å². The van der Waals surface area contributed by atoms with Crippen molar-refractivity contribution in [2.45, 2.75) is 44.0 Å². The summed E-state index contributed by atoms with van der Waals surface area (Å²) in [6.45, 7) is 1.41. The van der Waals surface area contributed by atoms with Crippen molar-refractivity contribution in [2.24, 2.45) is 11.8 Å². The summed E-state index contributed by atoms with van der Waals surface area (Å²) < 4.78 is 34.1. The summed E-state index contributed by atoms with van der Waals surface area (Å²) in [4.78, 5) is 38.4. The van der Waals surface area contributed by atoms with E-state index in [1.54, 1.807) is 24.3 Å². The minimum Gasteiger partial charge on any atom is -0.495 e. The highest BCUT2D eigenvalue weighted by Gasteiger charge is 2.47. The van der Waals surface area contributed by atoms with Gasteiger partial charge in [0.15, 0.2) is 5.78 Å². The average Bonchev–Trinajstić information content (AvgIpc) is 3.04. The number of methoxy groups -OCH3 is 1. The fourth-order valence-electron chi connectivity index (χ4n) is 4.61. The maximum Gasteiger partial charge on any atom is 0.265 e. The minimum absolute atomic E-state index is 0.0109. The van der Waals surface area contributed by atoms with Crippen LogP contribution in [-0.2, 0) is 26.2 Å². The molecular weight excluding hydrogens is 444 g/mol. The molecule has 2 aromatic rings. The van der Waals surface area contributed by atoms with E-state index in [2.05, 4.69) is 4.72 Å². The van der Waals surface area contributed by atoms with Crippen molar-refractivity contribution < 1.29 is 27.5 Å². The number of carbonyl (C=O) groups is 3. The van der Waals surface area contributed by atoms with Crippen molar-refractivity contribution in [1.82, 2.24) is 4.90 Å². The van der Waals surface area contributed by atoms with Crippen LogP contribution in [0.5, 0.6) is 5.75 Å². The highest BCUT2D eigenvalue weighted by Crippen LogP contribution is 2.39. The topological polar surface area (TPSA) is 110 Å². The molecule has 2 amide bonds. The number of benzene rings is 2. The molecular formula is C24H26N2O6S. The molecule has 174 valence electrons. The molecule has 0 spiro atoms. The van der Waals surface area contributed by atoms with Crippen LogP contribution in [0, 0.1) is 11.8 Å². The van der Waals surface area contributed by atoms with Crippen LogP contribution in [0.4, 0.5) is 5.69 Å². The maximum atomic E-state index is 13.2. The SMILES string of the molecule is COc1ccc(CN2C(=O)[C@H]3CCCC[C@@H]3C2=O)cc1S(=O)(=O)Nc1cccc(C(C)=O)c1. The van der Waals surface area contributed by atoms with Gasteiger partial charge in [0.05, 0.1) is 25.5 Å². The van der Waals surface area contributed by atoms with Gasteiger partial charge in [0.2, 0.25) is 11.8 Å². The summed E-state index contributed by atoms with van der Waals surface area (Å²) >= 11 is 0. The van der Waals surface area contributed by atoms with E-state index >= 15 is 0 Å². The van der Waals surface area contributed by atoms with Gasteiger partial charge in [-0.3, -0.25) is 24.0 Å². The van der Waals surface area contributed by atoms with Gasteiger partial charge >= 0.3 is 0 Å². The van der Waals surface area contributed by atoms with Gasteiger partial charge in [-0.2, -0.15) is 0 Å². The number of likely N-dealkylation sites (tertiary alicyclic amines) is 1. The number of imide groups is 1. The lowest BCUT2D eigenvalue weighted by Crippen LogP contribution is -2.30. The predicted molar refractivity (Wildman–Crippen MR) is 121 cm³/mol. The zero-order chi connectivity index (χ0) is 23.8. The van der Waals surface area contributed by atoms with E-state index in [-0.39, 0.29) is 52.3 Å². The number of ether oxygens (including phenoxy) is 1. The summed E-state index contributed by atoms with van der Waals surface area (Å²) in [5.41, 5.74) is 1.13. The Hall–Kier alpha value is -3.20. The van der Waals surface area contributed by atoms with Crippen LogP contribution in [0.1, 0.15) is 48.5 Å². The molecule has 8 nitrogen and oxygen atoms in total. The number of anilines is 1. The molecule has 9 heteroatoms. The van der Waals surface area contributed by atoms with Crippen molar-refractivity contribution in [3.63, 3.8) is 0 Å². The predicted octanol–water partition coefficient (Wildman–Crippen LogP) is 3.37. The van der Waals surface area contributed by atoms with E-state index in [0.717, 1.165) is 25.7 Å². The van der Waals surface area contributed by atoms with E-state index in [1.807, 2.05) is 0 Å².